The third-order valence-corrected chi connectivity index (χ3v) is 4.37. The molecule has 0 amide bonds. The fraction of sp³-hybridized carbons (Fsp3) is 0.263. The topological polar surface area (TPSA) is 56.3 Å². The Morgan fingerprint density at radius 1 is 0.962 bits per heavy atom. The average molecular weight is 418 g/mol. The molecule has 0 atom stereocenters. The number of aromatic nitrogens is 2. The number of nitrogens with zero attached hydrogens (tertiary/aromatic N) is 3. The van der Waals surface area contributed by atoms with E-state index in [1.807, 2.05) is 57.5 Å². The Balaban J connectivity index is 2.23. The third kappa shape index (κ3) is 3.73. The van der Waals surface area contributed by atoms with Crippen LogP contribution in [0.5, 0.6) is 11.5 Å². The number of hydrogen-bond acceptors (Lipinski definition) is 5. The molecule has 0 bridgehead atoms. The highest BCUT2D eigenvalue weighted by Gasteiger charge is 2.21. The Kier molecular flexibility index (Phi) is 5.02. The van der Waals surface area contributed by atoms with Crippen LogP contribution in [0.15, 0.2) is 40.9 Å². The summed E-state index contributed by atoms with van der Waals surface area (Å²) in [7, 11) is 9.33. The van der Waals surface area contributed by atoms with E-state index in [9.17, 15) is 0 Å². The number of fused-ring (bicyclic) bond motifs is 1. The fourth-order valence-corrected chi connectivity index (χ4v) is 2.94. The lowest BCUT2D eigenvalue weighted by Gasteiger charge is -2.22. The van der Waals surface area contributed by atoms with Gasteiger partial charge in [0, 0.05) is 21.6 Å². The van der Waals surface area contributed by atoms with Crippen molar-refractivity contribution < 1.29 is 9.47 Å². The fourth-order valence-electron chi connectivity index (χ4n) is 2.54. The van der Waals surface area contributed by atoms with Crippen molar-refractivity contribution in [3.8, 4) is 11.5 Å². The Labute approximate surface area is 161 Å². The molecule has 1 heterocycles. The molecule has 3 rings (SSSR count). The zero-order valence-corrected chi connectivity index (χ0v) is 17.1. The maximum atomic E-state index is 5.45. The van der Waals surface area contributed by atoms with Gasteiger partial charge in [-0.3, -0.25) is 4.48 Å². The summed E-state index contributed by atoms with van der Waals surface area (Å²) in [6.45, 7) is 0. The van der Waals surface area contributed by atoms with Crippen molar-refractivity contribution in [2.24, 2.45) is 0 Å². The smallest absolute Gasteiger partial charge is 0.330 e. The second-order valence-electron chi connectivity index (χ2n) is 6.74. The van der Waals surface area contributed by atoms with E-state index in [1.54, 1.807) is 14.2 Å². The van der Waals surface area contributed by atoms with E-state index in [2.05, 4.69) is 21.2 Å². The first-order chi connectivity index (χ1) is 12.3. The number of quaternary nitrogens is 1. The summed E-state index contributed by atoms with van der Waals surface area (Å²) in [4.78, 5) is 9.49. The number of anilines is 2. The maximum absolute atomic E-state index is 5.45. The van der Waals surface area contributed by atoms with Crippen molar-refractivity contribution in [2.75, 3.05) is 40.7 Å². The summed E-state index contributed by atoms with van der Waals surface area (Å²) in [6.07, 6.45) is 0. The van der Waals surface area contributed by atoms with Crippen LogP contribution in [0.3, 0.4) is 0 Å². The van der Waals surface area contributed by atoms with Crippen molar-refractivity contribution in [3.05, 3.63) is 40.9 Å². The minimum Gasteiger partial charge on any atom is -0.493 e. The standard InChI is InChI=1S/C19H22BrN4O2/c1-24(2,3)19-22-15-11-17(26-5)16(25-4)10-14(15)18(23-19)21-13-8-6-7-12(20)9-13/h6-11H,1-5H3,(H,21,22,23)/q+1. The van der Waals surface area contributed by atoms with Crippen LogP contribution in [0.1, 0.15) is 0 Å². The number of nitrogens with one attached hydrogen (secondary N) is 1. The molecule has 0 saturated heterocycles. The highest BCUT2D eigenvalue weighted by molar-refractivity contribution is 9.10. The number of halogens is 1. The van der Waals surface area contributed by atoms with Crippen molar-refractivity contribution in [1.82, 2.24) is 14.5 Å². The molecule has 0 aliphatic carbocycles. The first-order valence-electron chi connectivity index (χ1n) is 8.10. The molecular formula is C19H22BrN4O2+. The molecule has 0 fully saturated rings. The van der Waals surface area contributed by atoms with Gasteiger partial charge in [0.1, 0.15) is 5.82 Å². The summed E-state index contributed by atoms with van der Waals surface area (Å²) >= 11 is 3.50. The van der Waals surface area contributed by atoms with Gasteiger partial charge in [0.05, 0.1) is 40.9 Å². The number of ether oxygens (including phenoxy) is 2. The summed E-state index contributed by atoms with van der Waals surface area (Å²) in [5, 5.41) is 4.26. The lowest BCUT2D eigenvalue weighted by atomic mass is 10.2. The quantitative estimate of drug-likeness (QED) is 0.625. The van der Waals surface area contributed by atoms with E-state index >= 15 is 0 Å². The molecule has 6 nitrogen and oxygen atoms in total. The van der Waals surface area contributed by atoms with Crippen LogP contribution in [0, 0.1) is 0 Å². The Hall–Kier alpha value is -2.38. The van der Waals surface area contributed by atoms with Gasteiger partial charge in [0.15, 0.2) is 11.5 Å². The normalized spacial score (nSPS) is 11.5. The largest absolute Gasteiger partial charge is 0.493 e. The van der Waals surface area contributed by atoms with Crippen molar-refractivity contribution in [3.63, 3.8) is 0 Å². The van der Waals surface area contributed by atoms with E-state index in [-0.39, 0.29) is 0 Å². The van der Waals surface area contributed by atoms with Gasteiger partial charge in [0.25, 0.3) is 0 Å². The minimum atomic E-state index is 0.497. The molecule has 3 aromatic rings. The molecule has 0 radical (unpaired) electrons. The predicted octanol–water partition coefficient (Wildman–Crippen LogP) is 4.35. The summed E-state index contributed by atoms with van der Waals surface area (Å²) in [5.41, 5.74) is 1.72. The zero-order chi connectivity index (χ0) is 18.9. The average Bonchev–Trinajstić information content (AvgIpc) is 2.59. The third-order valence-electron chi connectivity index (χ3n) is 3.88. The Morgan fingerprint density at radius 3 is 2.27 bits per heavy atom. The summed E-state index contributed by atoms with van der Waals surface area (Å²) in [6, 6.07) is 11.7. The van der Waals surface area contributed by atoms with Gasteiger partial charge in [-0.2, -0.15) is 9.97 Å². The maximum Gasteiger partial charge on any atom is 0.330 e. The van der Waals surface area contributed by atoms with Crippen LogP contribution in [0.4, 0.5) is 17.5 Å². The molecule has 0 spiro atoms. The van der Waals surface area contributed by atoms with Crippen LogP contribution in [-0.4, -0.2) is 45.3 Å². The monoisotopic (exact) mass is 417 g/mol. The lowest BCUT2D eigenvalue weighted by Crippen LogP contribution is -2.36. The summed E-state index contributed by atoms with van der Waals surface area (Å²) < 4.78 is 12.4. The van der Waals surface area contributed by atoms with E-state index in [4.69, 9.17) is 19.4 Å². The van der Waals surface area contributed by atoms with Crippen LogP contribution < -0.4 is 19.3 Å². The lowest BCUT2D eigenvalue weighted by molar-refractivity contribution is 0.355. The molecule has 1 N–H and O–H groups in total. The molecule has 2 aromatic carbocycles. The molecule has 0 aliphatic heterocycles. The van der Waals surface area contributed by atoms with Crippen molar-refractivity contribution in [2.45, 2.75) is 0 Å². The number of methoxy groups -OCH3 is 2. The second kappa shape index (κ2) is 7.09. The van der Waals surface area contributed by atoms with E-state index < -0.39 is 0 Å². The van der Waals surface area contributed by atoms with Crippen molar-refractivity contribution >= 4 is 44.3 Å². The number of rotatable bonds is 5. The van der Waals surface area contributed by atoms with E-state index in [0.717, 1.165) is 26.9 Å². The Morgan fingerprint density at radius 2 is 1.65 bits per heavy atom. The predicted molar refractivity (Wildman–Crippen MR) is 110 cm³/mol. The molecule has 136 valence electrons. The van der Waals surface area contributed by atoms with Gasteiger partial charge in [0.2, 0.25) is 0 Å². The highest BCUT2D eigenvalue weighted by Crippen LogP contribution is 2.36. The van der Waals surface area contributed by atoms with Gasteiger partial charge >= 0.3 is 5.95 Å². The van der Waals surface area contributed by atoms with Gasteiger partial charge < -0.3 is 14.8 Å². The second-order valence-corrected chi connectivity index (χ2v) is 7.66. The number of benzene rings is 2. The van der Waals surface area contributed by atoms with Crippen molar-refractivity contribution in [1.29, 1.82) is 0 Å². The zero-order valence-electron chi connectivity index (χ0n) is 15.5. The molecule has 0 aliphatic rings. The highest BCUT2D eigenvalue weighted by atomic mass is 79.9. The Bertz CT molecular complexity index is 954. The van der Waals surface area contributed by atoms with Gasteiger partial charge in [-0.1, -0.05) is 22.0 Å². The van der Waals surface area contributed by atoms with E-state index in [0.29, 0.717) is 21.9 Å². The van der Waals surface area contributed by atoms with Gasteiger partial charge in [-0.15, -0.1) is 0 Å². The SMILES string of the molecule is COc1cc2nc([N+](C)(C)C)nc(Nc3cccc(Br)c3)c2cc1OC. The molecule has 26 heavy (non-hydrogen) atoms. The molecule has 0 unspecified atom stereocenters. The van der Waals surface area contributed by atoms with E-state index in [1.165, 1.54) is 0 Å². The first-order valence-corrected chi connectivity index (χ1v) is 8.89. The van der Waals surface area contributed by atoms with Gasteiger partial charge in [-0.25, -0.2) is 0 Å². The number of hydrogen-bond donors (Lipinski definition) is 1. The van der Waals surface area contributed by atoms with Crippen LogP contribution >= 0.6 is 15.9 Å². The molecule has 7 heteroatoms. The molecular weight excluding hydrogens is 396 g/mol. The van der Waals surface area contributed by atoms with Crippen LogP contribution in [-0.2, 0) is 0 Å². The molecule has 0 saturated carbocycles. The first kappa shape index (κ1) is 18.4. The van der Waals surface area contributed by atoms with Crippen LogP contribution in [0.2, 0.25) is 0 Å². The van der Waals surface area contributed by atoms with Gasteiger partial charge in [-0.05, 0) is 24.3 Å². The van der Waals surface area contributed by atoms with Crippen LogP contribution in [0.25, 0.3) is 10.9 Å². The molecule has 1 aromatic heterocycles. The minimum absolute atomic E-state index is 0.497. The summed E-state index contributed by atoms with van der Waals surface area (Å²) in [5.74, 6) is 2.69.